The van der Waals surface area contributed by atoms with Gasteiger partial charge >= 0.3 is 11.9 Å². The summed E-state index contributed by atoms with van der Waals surface area (Å²) in [6.45, 7) is 0.773. The van der Waals surface area contributed by atoms with Gasteiger partial charge in [-0.25, -0.2) is 9.59 Å². The molecule has 37 heavy (non-hydrogen) atoms. The molecule has 0 saturated heterocycles. The number of hydrogen-bond donors (Lipinski definition) is 0. The van der Waals surface area contributed by atoms with Crippen molar-refractivity contribution < 1.29 is 19.1 Å². The minimum Gasteiger partial charge on any atom is -0.457 e. The minimum absolute atomic E-state index is 0.0541. The van der Waals surface area contributed by atoms with Crippen LogP contribution in [0.1, 0.15) is 22.3 Å². The molecule has 0 spiro atoms. The molecule has 0 aliphatic carbocycles. The van der Waals surface area contributed by atoms with Gasteiger partial charge in [-0.05, 0) is 34.4 Å². The summed E-state index contributed by atoms with van der Waals surface area (Å²) in [5.41, 5.74) is 4.23. The SMILES string of the molecule is CN(Cc1ccccc1)c1ccccc1C=C(C(=O)OCc1ccccc1)C(=O)OCc1ccccc1. The lowest BCUT2D eigenvalue weighted by Gasteiger charge is -2.22. The van der Waals surface area contributed by atoms with Crippen molar-refractivity contribution in [1.29, 1.82) is 0 Å². The molecule has 0 radical (unpaired) electrons. The Labute approximate surface area is 217 Å². The van der Waals surface area contributed by atoms with Crippen LogP contribution in [-0.4, -0.2) is 19.0 Å². The zero-order valence-electron chi connectivity index (χ0n) is 20.7. The number of esters is 2. The predicted octanol–water partition coefficient (Wildman–Crippen LogP) is 6.19. The van der Waals surface area contributed by atoms with Crippen LogP contribution in [0.4, 0.5) is 5.69 Å². The first-order valence-corrected chi connectivity index (χ1v) is 12.1. The molecule has 4 rings (SSSR count). The molecule has 0 unspecified atom stereocenters. The Bertz CT molecular complexity index is 1280. The highest BCUT2D eigenvalue weighted by atomic mass is 16.6. The van der Waals surface area contributed by atoms with Crippen molar-refractivity contribution in [3.8, 4) is 0 Å². The van der Waals surface area contributed by atoms with Gasteiger partial charge < -0.3 is 14.4 Å². The molecule has 0 saturated carbocycles. The van der Waals surface area contributed by atoms with E-state index in [1.807, 2.05) is 110 Å². The Hall–Kier alpha value is -4.64. The highest BCUT2D eigenvalue weighted by Crippen LogP contribution is 2.24. The Morgan fingerprint density at radius 1 is 0.622 bits per heavy atom. The second-order valence-corrected chi connectivity index (χ2v) is 8.58. The van der Waals surface area contributed by atoms with Crippen LogP contribution >= 0.6 is 0 Å². The lowest BCUT2D eigenvalue weighted by molar-refractivity contribution is -0.148. The minimum atomic E-state index is -0.734. The molecule has 0 aromatic heterocycles. The summed E-state index contributed by atoms with van der Waals surface area (Å²) in [6.07, 6.45) is 1.55. The van der Waals surface area contributed by atoms with E-state index in [1.54, 1.807) is 6.08 Å². The number of ether oxygens (including phenoxy) is 2. The van der Waals surface area contributed by atoms with Crippen LogP contribution in [0.2, 0.25) is 0 Å². The van der Waals surface area contributed by atoms with Crippen LogP contribution in [0.15, 0.2) is 121 Å². The first kappa shape index (κ1) is 25.5. The number of rotatable bonds is 10. The van der Waals surface area contributed by atoms with Gasteiger partial charge in [0.1, 0.15) is 18.8 Å². The average Bonchev–Trinajstić information content (AvgIpc) is 2.95. The average molecular weight is 492 g/mol. The zero-order chi connectivity index (χ0) is 25.9. The molecular weight excluding hydrogens is 462 g/mol. The Morgan fingerprint density at radius 2 is 1.05 bits per heavy atom. The molecule has 0 atom stereocenters. The molecule has 5 nitrogen and oxygen atoms in total. The van der Waals surface area contributed by atoms with E-state index < -0.39 is 11.9 Å². The van der Waals surface area contributed by atoms with Crippen LogP contribution in [0.5, 0.6) is 0 Å². The van der Waals surface area contributed by atoms with Gasteiger partial charge in [-0.3, -0.25) is 0 Å². The summed E-state index contributed by atoms with van der Waals surface area (Å²) in [5.74, 6) is -1.47. The number of carbonyl (C=O) groups excluding carboxylic acids is 2. The van der Waals surface area contributed by atoms with E-state index in [0.717, 1.165) is 22.4 Å². The van der Waals surface area contributed by atoms with Crippen LogP contribution in [-0.2, 0) is 38.8 Å². The number of anilines is 1. The topological polar surface area (TPSA) is 55.8 Å². The largest absolute Gasteiger partial charge is 0.457 e. The molecule has 5 heteroatoms. The van der Waals surface area contributed by atoms with Gasteiger partial charge in [-0.15, -0.1) is 0 Å². The summed E-state index contributed by atoms with van der Waals surface area (Å²) < 4.78 is 11.0. The third-order valence-corrected chi connectivity index (χ3v) is 5.78. The Balaban J connectivity index is 1.59. The highest BCUT2D eigenvalue weighted by molar-refractivity contribution is 6.18. The number of nitrogens with zero attached hydrogens (tertiary/aromatic N) is 1. The Morgan fingerprint density at radius 3 is 1.57 bits per heavy atom. The van der Waals surface area contributed by atoms with E-state index in [0.29, 0.717) is 12.1 Å². The maximum absolute atomic E-state index is 13.1. The lowest BCUT2D eigenvalue weighted by Crippen LogP contribution is -2.20. The molecule has 4 aromatic rings. The standard InChI is InChI=1S/C32H29NO4/c1-33(22-25-13-5-2-6-14-25)30-20-12-11-19-28(30)21-29(31(34)36-23-26-15-7-3-8-16-26)32(35)37-24-27-17-9-4-10-18-27/h2-21H,22-24H2,1H3. The van der Waals surface area contributed by atoms with Gasteiger partial charge in [0.15, 0.2) is 0 Å². The summed E-state index contributed by atoms with van der Waals surface area (Å²) in [6, 6.07) is 36.4. The molecule has 4 aromatic carbocycles. The van der Waals surface area contributed by atoms with Crippen LogP contribution in [0.25, 0.3) is 6.08 Å². The van der Waals surface area contributed by atoms with Gasteiger partial charge in [0.05, 0.1) is 0 Å². The van der Waals surface area contributed by atoms with Gasteiger partial charge in [0.2, 0.25) is 0 Å². The lowest BCUT2D eigenvalue weighted by atomic mass is 10.1. The second kappa shape index (κ2) is 12.9. The van der Waals surface area contributed by atoms with Crippen molar-refractivity contribution in [2.75, 3.05) is 11.9 Å². The molecule has 186 valence electrons. The van der Waals surface area contributed by atoms with Crippen molar-refractivity contribution in [2.45, 2.75) is 19.8 Å². The molecule has 0 heterocycles. The normalized spacial score (nSPS) is 10.3. The van der Waals surface area contributed by atoms with Crippen LogP contribution in [0, 0.1) is 0 Å². The second-order valence-electron chi connectivity index (χ2n) is 8.58. The third kappa shape index (κ3) is 7.42. The molecular formula is C32H29NO4. The molecule has 0 aliphatic rings. The molecule has 0 bridgehead atoms. The van der Waals surface area contributed by atoms with Crippen molar-refractivity contribution >= 4 is 23.7 Å². The summed E-state index contributed by atoms with van der Waals surface area (Å²) in [4.78, 5) is 28.4. The maximum Gasteiger partial charge on any atom is 0.345 e. The van der Waals surface area contributed by atoms with Gasteiger partial charge in [-0.1, -0.05) is 109 Å². The monoisotopic (exact) mass is 491 g/mol. The molecule has 0 fully saturated rings. The summed E-state index contributed by atoms with van der Waals surface area (Å²) in [7, 11) is 1.97. The van der Waals surface area contributed by atoms with Crippen LogP contribution in [0.3, 0.4) is 0 Å². The maximum atomic E-state index is 13.1. The number of carbonyl (C=O) groups is 2. The first-order valence-electron chi connectivity index (χ1n) is 12.1. The van der Waals surface area contributed by atoms with E-state index in [4.69, 9.17) is 9.47 Å². The van der Waals surface area contributed by atoms with Gasteiger partial charge in [-0.2, -0.15) is 0 Å². The van der Waals surface area contributed by atoms with Crippen molar-refractivity contribution in [3.05, 3.63) is 143 Å². The van der Waals surface area contributed by atoms with Gasteiger partial charge in [0, 0.05) is 19.3 Å². The van der Waals surface area contributed by atoms with E-state index in [-0.39, 0.29) is 18.8 Å². The summed E-state index contributed by atoms with van der Waals surface area (Å²) in [5, 5.41) is 0. The number of benzene rings is 4. The fourth-order valence-corrected chi connectivity index (χ4v) is 3.86. The first-order chi connectivity index (χ1) is 18.1. The highest BCUT2D eigenvalue weighted by Gasteiger charge is 2.23. The zero-order valence-corrected chi connectivity index (χ0v) is 20.7. The van der Waals surface area contributed by atoms with Crippen molar-refractivity contribution in [1.82, 2.24) is 0 Å². The van der Waals surface area contributed by atoms with Crippen molar-refractivity contribution in [3.63, 3.8) is 0 Å². The third-order valence-electron chi connectivity index (χ3n) is 5.78. The fraction of sp³-hybridized carbons (Fsp3) is 0.125. The van der Waals surface area contributed by atoms with Crippen LogP contribution < -0.4 is 4.90 Å². The number of para-hydroxylation sites is 1. The molecule has 0 aliphatic heterocycles. The predicted molar refractivity (Wildman–Crippen MR) is 145 cm³/mol. The molecule has 0 amide bonds. The Kier molecular flexibility index (Phi) is 8.87. The summed E-state index contributed by atoms with van der Waals surface area (Å²) >= 11 is 0. The van der Waals surface area contributed by atoms with Gasteiger partial charge in [0.25, 0.3) is 0 Å². The van der Waals surface area contributed by atoms with E-state index in [1.165, 1.54) is 0 Å². The number of hydrogen-bond acceptors (Lipinski definition) is 5. The fourth-order valence-electron chi connectivity index (χ4n) is 3.86. The molecule has 0 N–H and O–H groups in total. The smallest absolute Gasteiger partial charge is 0.345 e. The van der Waals surface area contributed by atoms with E-state index in [2.05, 4.69) is 17.0 Å². The van der Waals surface area contributed by atoms with E-state index >= 15 is 0 Å². The van der Waals surface area contributed by atoms with E-state index in [9.17, 15) is 9.59 Å². The quantitative estimate of drug-likeness (QED) is 0.115. The van der Waals surface area contributed by atoms with Crippen molar-refractivity contribution in [2.24, 2.45) is 0 Å².